The summed E-state index contributed by atoms with van der Waals surface area (Å²) in [5, 5.41) is 32.4. The Bertz CT molecular complexity index is 3910. The van der Waals surface area contributed by atoms with Crippen molar-refractivity contribution < 1.29 is 49.9 Å². The number of fused-ring (bicyclic) bond motifs is 8. The number of nitro groups is 2. The number of benzene rings is 6. The highest BCUT2D eigenvalue weighted by atomic mass is 35.5. The zero-order chi connectivity index (χ0) is 58.5. The molecule has 4 heterocycles. The first-order valence-electron chi connectivity index (χ1n) is 25.8. The van der Waals surface area contributed by atoms with Crippen molar-refractivity contribution in [2.24, 2.45) is 0 Å². The van der Waals surface area contributed by atoms with E-state index < -0.39 is 70.9 Å². The summed E-state index contributed by atoms with van der Waals surface area (Å²) in [7, 11) is -0.551. The molecule has 2 aromatic heterocycles. The van der Waals surface area contributed by atoms with Gasteiger partial charge in [-0.15, -0.1) is 23.2 Å². The number of hydrogen-bond acceptors (Lipinski definition) is 15. The van der Waals surface area contributed by atoms with Crippen molar-refractivity contribution in [2.45, 2.75) is 34.5 Å². The number of sulfonamides is 2. The molecular weight excluding hydrogens is 1140 g/mol. The molecule has 8 aromatic rings. The SMILES string of the molecule is CN(C)CCCNS(=O)(=O)c1ccc2c3c(cc([N+](=O)[O-])c2c1)N(C(=O)c1cc2cc(NC(=O)Nc4ccc5oc(C(=O)N6CC(CCl)c7c6cc([N+](=O)[O-])c6cc(S(=O)(=O)NCCCN(C)C)ccc76)cc5c4)ccc2o1)CC3CCl. The van der Waals surface area contributed by atoms with Crippen LogP contribution in [-0.4, -0.2) is 134 Å². The minimum atomic E-state index is -4.02. The number of furan rings is 2. The van der Waals surface area contributed by atoms with Crippen LogP contribution in [0.1, 0.15) is 56.9 Å². The largest absolute Gasteiger partial charge is 0.451 e. The van der Waals surface area contributed by atoms with Crippen molar-refractivity contribution in [3.63, 3.8) is 0 Å². The van der Waals surface area contributed by atoms with Gasteiger partial charge in [-0.25, -0.2) is 31.1 Å². The number of hydrogen-bond donors (Lipinski definition) is 4. The van der Waals surface area contributed by atoms with E-state index in [0.717, 1.165) is 0 Å². The molecule has 0 saturated carbocycles. The van der Waals surface area contributed by atoms with Crippen LogP contribution in [0.4, 0.5) is 38.9 Å². The smallest absolute Gasteiger partial charge is 0.323 e. The van der Waals surface area contributed by atoms with Crippen LogP contribution >= 0.6 is 23.2 Å². The number of urea groups is 1. The summed E-state index contributed by atoms with van der Waals surface area (Å²) in [5.74, 6) is -2.28. The minimum absolute atomic E-state index is 0.0431. The van der Waals surface area contributed by atoms with E-state index in [2.05, 4.69) is 20.1 Å². The Labute approximate surface area is 479 Å². The van der Waals surface area contributed by atoms with Crippen LogP contribution in [0.2, 0.25) is 0 Å². The summed E-state index contributed by atoms with van der Waals surface area (Å²) < 4.78 is 70.1. The van der Waals surface area contributed by atoms with Crippen molar-refractivity contribution in [3.8, 4) is 0 Å². The molecule has 0 radical (unpaired) electrons. The fourth-order valence-electron chi connectivity index (χ4n) is 10.6. The third kappa shape index (κ3) is 11.3. The topological polar surface area (TPSA) is 293 Å². The third-order valence-electron chi connectivity index (χ3n) is 14.4. The summed E-state index contributed by atoms with van der Waals surface area (Å²) in [6.07, 6.45) is 1.10. The fourth-order valence-corrected chi connectivity index (χ4v) is 13.3. The monoisotopic (exact) mass is 1200 g/mol. The molecule has 4 amide bonds. The van der Waals surface area contributed by atoms with E-state index in [1.165, 1.54) is 70.5 Å². The number of carbonyl (C=O) groups is 3. The maximum atomic E-state index is 14.3. The van der Waals surface area contributed by atoms with E-state index in [4.69, 9.17) is 32.0 Å². The molecular formula is C55H54Cl2N10O13S2. The van der Waals surface area contributed by atoms with Crippen LogP contribution in [0.15, 0.2) is 116 Å². The average molecular weight is 1200 g/mol. The lowest BCUT2D eigenvalue weighted by molar-refractivity contribution is -0.383. The number of amides is 4. The predicted octanol–water partition coefficient (Wildman–Crippen LogP) is 9.37. The number of non-ortho nitro benzene ring substituents is 2. The summed E-state index contributed by atoms with van der Waals surface area (Å²) in [5.41, 5.74) is 2.01. The third-order valence-corrected chi connectivity index (χ3v) is 18.1. The molecule has 10 rings (SSSR count). The molecule has 4 N–H and O–H groups in total. The van der Waals surface area contributed by atoms with Crippen LogP contribution in [0.25, 0.3) is 43.5 Å². The summed E-state index contributed by atoms with van der Waals surface area (Å²) in [4.78, 5) is 72.1. The van der Waals surface area contributed by atoms with Gasteiger partial charge in [0, 0.05) is 84.1 Å². The highest BCUT2D eigenvalue weighted by Crippen LogP contribution is 2.48. The Morgan fingerprint density at radius 3 is 1.35 bits per heavy atom. The van der Waals surface area contributed by atoms with E-state index in [-0.39, 0.29) is 81.4 Å². The van der Waals surface area contributed by atoms with Gasteiger partial charge in [0.2, 0.25) is 20.0 Å². The number of nitrogens with zero attached hydrogens (tertiary/aromatic N) is 6. The molecule has 2 unspecified atom stereocenters. The fraction of sp³-hybridized carbons (Fsp3) is 0.291. The van der Waals surface area contributed by atoms with Gasteiger partial charge in [0.05, 0.1) is 41.8 Å². The average Bonchev–Trinajstić information content (AvgIpc) is 4.40. The van der Waals surface area contributed by atoms with E-state index in [1.807, 2.05) is 38.0 Å². The first kappa shape index (κ1) is 57.5. The Balaban J connectivity index is 0.836. The van der Waals surface area contributed by atoms with Crippen LogP contribution in [0, 0.1) is 20.2 Å². The molecule has 0 fully saturated rings. The highest BCUT2D eigenvalue weighted by Gasteiger charge is 2.40. The molecule has 0 aliphatic carbocycles. The lowest BCUT2D eigenvalue weighted by Crippen LogP contribution is -2.29. The van der Waals surface area contributed by atoms with Crippen LogP contribution in [0.3, 0.4) is 0 Å². The molecule has 2 aliphatic heterocycles. The van der Waals surface area contributed by atoms with Crippen molar-refractivity contribution >= 4 is 139 Å². The molecule has 428 valence electrons. The maximum Gasteiger partial charge on any atom is 0.323 e. The second-order valence-electron chi connectivity index (χ2n) is 20.5. The normalized spacial score (nSPS) is 15.3. The molecule has 0 saturated heterocycles. The van der Waals surface area contributed by atoms with Crippen molar-refractivity contribution in [2.75, 3.05) is 99.7 Å². The lowest BCUT2D eigenvalue weighted by atomic mass is 9.95. The number of halogens is 2. The quantitative estimate of drug-likeness (QED) is 0.0239. The number of carbonyl (C=O) groups excluding carboxylic acids is 3. The highest BCUT2D eigenvalue weighted by molar-refractivity contribution is 7.89. The van der Waals surface area contributed by atoms with Gasteiger partial charge < -0.3 is 39.1 Å². The molecule has 2 atom stereocenters. The number of rotatable bonds is 20. The first-order valence-corrected chi connectivity index (χ1v) is 29.8. The van der Waals surface area contributed by atoms with E-state index in [9.17, 15) is 51.4 Å². The van der Waals surface area contributed by atoms with Gasteiger partial charge in [-0.1, -0.05) is 12.1 Å². The minimum Gasteiger partial charge on any atom is -0.451 e. The van der Waals surface area contributed by atoms with Crippen LogP contribution in [0.5, 0.6) is 0 Å². The molecule has 23 nitrogen and oxygen atoms in total. The Morgan fingerprint density at radius 2 is 0.988 bits per heavy atom. The maximum absolute atomic E-state index is 14.3. The van der Waals surface area contributed by atoms with Crippen molar-refractivity contribution in [1.82, 2.24) is 19.2 Å². The van der Waals surface area contributed by atoms with Crippen LogP contribution < -0.4 is 29.9 Å². The number of anilines is 4. The van der Waals surface area contributed by atoms with Gasteiger partial charge in [-0.05, 0) is 149 Å². The summed E-state index contributed by atoms with van der Waals surface area (Å²) in [6.45, 7) is 1.74. The summed E-state index contributed by atoms with van der Waals surface area (Å²) in [6, 6.07) is 22.5. The molecule has 27 heteroatoms. The van der Waals surface area contributed by atoms with Crippen molar-refractivity contribution in [1.29, 1.82) is 0 Å². The van der Waals surface area contributed by atoms with E-state index in [0.29, 0.717) is 81.1 Å². The van der Waals surface area contributed by atoms with Crippen LogP contribution in [-0.2, 0) is 20.0 Å². The van der Waals surface area contributed by atoms with E-state index in [1.54, 1.807) is 36.4 Å². The first-order chi connectivity index (χ1) is 39.0. The second-order valence-corrected chi connectivity index (χ2v) is 24.7. The van der Waals surface area contributed by atoms with Gasteiger partial charge in [-0.2, -0.15) is 0 Å². The predicted molar refractivity (Wildman–Crippen MR) is 313 cm³/mol. The number of alkyl halides is 2. The van der Waals surface area contributed by atoms with Gasteiger partial charge in [0.25, 0.3) is 23.2 Å². The lowest BCUT2D eigenvalue weighted by Gasteiger charge is -2.16. The summed E-state index contributed by atoms with van der Waals surface area (Å²) >= 11 is 12.9. The zero-order valence-electron chi connectivity index (χ0n) is 44.5. The van der Waals surface area contributed by atoms with Crippen molar-refractivity contribution in [3.05, 3.63) is 140 Å². The Kier molecular flexibility index (Phi) is 16.0. The number of nitrogens with one attached hydrogen (secondary N) is 4. The second kappa shape index (κ2) is 22.9. The van der Waals surface area contributed by atoms with Gasteiger partial charge in [0.15, 0.2) is 11.5 Å². The van der Waals surface area contributed by atoms with E-state index >= 15 is 0 Å². The van der Waals surface area contributed by atoms with Gasteiger partial charge in [-0.3, -0.25) is 29.8 Å². The molecule has 0 spiro atoms. The van der Waals surface area contributed by atoms with Gasteiger partial charge in [0.1, 0.15) is 11.2 Å². The van der Waals surface area contributed by atoms with Gasteiger partial charge >= 0.3 is 6.03 Å². The Hall–Kier alpha value is -7.75. The molecule has 2 aliphatic rings. The zero-order valence-corrected chi connectivity index (χ0v) is 47.7. The Morgan fingerprint density at radius 1 is 0.585 bits per heavy atom. The standard InChI is InChI=1S/C55H54Cl2N10O13S2/c1-62(2)17-5-15-58-81(75,76)37-9-11-39-41(23-37)43(66(71)72)25-45-51(39)33(27-56)29-64(45)53(68)49-21-31-19-35(7-13-47(31)79-49)60-55(70)61-36-8-14-48-32(20-36)22-50(80-48)54(69)65-30-34(28-57)52-40-12-10-38(82(77,78)59-16-6-18-63(3)4)24-42(40)44(67(73)74)26-46(52)65/h7-14,19-26,33-34,58-59H,5-6,15-18,27-30H2,1-4H3,(H2,60,61,70). The molecule has 6 aromatic carbocycles. The number of nitro benzene ring substituents is 2. The molecule has 82 heavy (non-hydrogen) atoms. The molecule has 0 bridgehead atoms.